The second-order valence-electron chi connectivity index (χ2n) is 4.01. The summed E-state index contributed by atoms with van der Waals surface area (Å²) in [5.74, 6) is 0.244. The van der Waals surface area contributed by atoms with E-state index in [4.69, 9.17) is 0 Å². The quantitative estimate of drug-likeness (QED) is 0.852. The highest BCUT2D eigenvalue weighted by atomic mass is 16.2. The fourth-order valence-corrected chi connectivity index (χ4v) is 1.65. The Balaban J connectivity index is 2.41. The average molecular weight is 229 g/mol. The highest BCUT2D eigenvalue weighted by Gasteiger charge is 2.12. The Morgan fingerprint density at radius 1 is 1.29 bits per heavy atom. The third kappa shape index (κ3) is 2.20. The van der Waals surface area contributed by atoms with E-state index in [-0.39, 0.29) is 5.91 Å². The first-order chi connectivity index (χ1) is 8.11. The maximum atomic E-state index is 11.5. The molecule has 0 atom stereocenters. The van der Waals surface area contributed by atoms with Gasteiger partial charge in [-0.2, -0.15) is 0 Å². The third-order valence-electron chi connectivity index (χ3n) is 2.65. The van der Waals surface area contributed by atoms with E-state index in [9.17, 15) is 4.79 Å². The summed E-state index contributed by atoms with van der Waals surface area (Å²) in [4.78, 5) is 15.9. The molecule has 0 saturated carbocycles. The predicted octanol–water partition coefficient (Wildman–Crippen LogP) is 1.76. The van der Waals surface area contributed by atoms with Crippen LogP contribution in [0.15, 0.2) is 30.5 Å². The normalized spacial score (nSPS) is 10.3. The molecule has 17 heavy (non-hydrogen) atoms. The number of carbonyl (C=O) groups is 1. The molecule has 0 unspecified atom stereocenters. The fourth-order valence-electron chi connectivity index (χ4n) is 1.65. The monoisotopic (exact) mass is 229 g/mol. The lowest BCUT2D eigenvalue weighted by molar-refractivity contribution is 0.0950. The minimum atomic E-state index is -0.175. The molecule has 4 nitrogen and oxygen atoms in total. The lowest BCUT2D eigenvalue weighted by atomic mass is 10.1. The van der Waals surface area contributed by atoms with Gasteiger partial charge < -0.3 is 9.88 Å². The van der Waals surface area contributed by atoms with E-state index in [2.05, 4.69) is 10.3 Å². The number of aromatic nitrogens is 2. The van der Waals surface area contributed by atoms with Crippen molar-refractivity contribution in [2.75, 3.05) is 7.05 Å². The molecule has 0 aliphatic heterocycles. The van der Waals surface area contributed by atoms with Crippen molar-refractivity contribution in [1.29, 1.82) is 0 Å². The zero-order valence-corrected chi connectivity index (χ0v) is 10.2. The molecule has 0 aliphatic carbocycles. The van der Waals surface area contributed by atoms with Crippen LogP contribution in [-0.4, -0.2) is 22.5 Å². The van der Waals surface area contributed by atoms with Crippen LogP contribution in [0.2, 0.25) is 0 Å². The molecule has 1 heterocycles. The number of hydrogen-bond acceptors (Lipinski definition) is 2. The van der Waals surface area contributed by atoms with Crippen LogP contribution in [0.1, 0.15) is 16.2 Å². The van der Waals surface area contributed by atoms with Crippen molar-refractivity contribution in [3.63, 3.8) is 0 Å². The van der Waals surface area contributed by atoms with Gasteiger partial charge in [0.05, 0.1) is 5.69 Å². The predicted molar refractivity (Wildman–Crippen MR) is 66.8 cm³/mol. The molecule has 2 aromatic rings. The van der Waals surface area contributed by atoms with E-state index in [1.807, 2.05) is 44.4 Å². The van der Waals surface area contributed by atoms with Gasteiger partial charge in [0.15, 0.2) is 5.82 Å². The number of rotatable bonds is 2. The molecule has 0 radical (unpaired) electrons. The summed E-state index contributed by atoms with van der Waals surface area (Å²) in [6.45, 7) is 2.04. The van der Waals surface area contributed by atoms with Gasteiger partial charge in [0, 0.05) is 25.9 Å². The molecule has 1 N–H and O–H groups in total. The Morgan fingerprint density at radius 3 is 2.53 bits per heavy atom. The first kappa shape index (κ1) is 11.4. The highest BCUT2D eigenvalue weighted by molar-refractivity contribution is 5.91. The summed E-state index contributed by atoms with van der Waals surface area (Å²) in [5, 5.41) is 2.57. The van der Waals surface area contributed by atoms with Crippen LogP contribution < -0.4 is 5.32 Å². The van der Waals surface area contributed by atoms with Gasteiger partial charge >= 0.3 is 0 Å². The second kappa shape index (κ2) is 4.41. The second-order valence-corrected chi connectivity index (χ2v) is 4.01. The van der Waals surface area contributed by atoms with Crippen molar-refractivity contribution in [1.82, 2.24) is 14.9 Å². The van der Waals surface area contributed by atoms with E-state index in [1.54, 1.807) is 11.6 Å². The fraction of sp³-hybridized carbons (Fsp3) is 0.231. The number of amides is 1. The van der Waals surface area contributed by atoms with Gasteiger partial charge in [-0.1, -0.05) is 29.8 Å². The van der Waals surface area contributed by atoms with Crippen LogP contribution in [0.4, 0.5) is 0 Å². The van der Waals surface area contributed by atoms with Crippen molar-refractivity contribution in [2.45, 2.75) is 6.92 Å². The molecular weight excluding hydrogens is 214 g/mol. The van der Waals surface area contributed by atoms with Crippen molar-refractivity contribution in [3.8, 4) is 11.3 Å². The third-order valence-corrected chi connectivity index (χ3v) is 2.65. The summed E-state index contributed by atoms with van der Waals surface area (Å²) in [7, 11) is 3.41. The van der Waals surface area contributed by atoms with Crippen molar-refractivity contribution >= 4 is 5.91 Å². The topological polar surface area (TPSA) is 46.9 Å². The van der Waals surface area contributed by atoms with E-state index >= 15 is 0 Å². The van der Waals surface area contributed by atoms with Gasteiger partial charge in [0.1, 0.15) is 0 Å². The van der Waals surface area contributed by atoms with Crippen LogP contribution in [0.3, 0.4) is 0 Å². The standard InChI is InChI=1S/C13H15N3O/c1-9-4-6-10(7-5-9)11-8-16(3)12(15-11)13(17)14-2/h4-8H,1-3H3,(H,14,17). The number of hydrogen-bond donors (Lipinski definition) is 1. The molecule has 0 saturated heterocycles. The summed E-state index contributed by atoms with van der Waals surface area (Å²) >= 11 is 0. The molecule has 0 fully saturated rings. The van der Waals surface area contributed by atoms with Gasteiger partial charge in [0.2, 0.25) is 0 Å². The lowest BCUT2D eigenvalue weighted by Crippen LogP contribution is -2.21. The largest absolute Gasteiger partial charge is 0.352 e. The average Bonchev–Trinajstić information content (AvgIpc) is 2.71. The molecule has 1 aromatic heterocycles. The summed E-state index contributed by atoms with van der Waals surface area (Å²) in [6.07, 6.45) is 1.86. The summed E-state index contributed by atoms with van der Waals surface area (Å²) < 4.78 is 1.73. The summed E-state index contributed by atoms with van der Waals surface area (Å²) in [5.41, 5.74) is 3.03. The summed E-state index contributed by atoms with van der Waals surface area (Å²) in [6, 6.07) is 8.07. The Morgan fingerprint density at radius 2 is 1.94 bits per heavy atom. The number of aryl methyl sites for hydroxylation is 2. The van der Waals surface area contributed by atoms with Gasteiger partial charge in [-0.15, -0.1) is 0 Å². The van der Waals surface area contributed by atoms with Gasteiger partial charge in [0.25, 0.3) is 5.91 Å². The van der Waals surface area contributed by atoms with Crippen LogP contribution in [0, 0.1) is 6.92 Å². The minimum Gasteiger partial charge on any atom is -0.352 e. The van der Waals surface area contributed by atoms with Crippen LogP contribution in [0.5, 0.6) is 0 Å². The molecule has 4 heteroatoms. The first-order valence-electron chi connectivity index (χ1n) is 5.44. The molecule has 0 spiro atoms. The van der Waals surface area contributed by atoms with Gasteiger partial charge in [-0.25, -0.2) is 4.98 Å². The lowest BCUT2D eigenvalue weighted by Gasteiger charge is -1.97. The zero-order chi connectivity index (χ0) is 12.4. The molecule has 0 bridgehead atoms. The maximum Gasteiger partial charge on any atom is 0.287 e. The molecule has 2 rings (SSSR count). The molecular formula is C13H15N3O. The first-order valence-corrected chi connectivity index (χ1v) is 5.44. The number of imidazole rings is 1. The van der Waals surface area contributed by atoms with E-state index in [0.29, 0.717) is 5.82 Å². The van der Waals surface area contributed by atoms with Crippen LogP contribution >= 0.6 is 0 Å². The molecule has 88 valence electrons. The minimum absolute atomic E-state index is 0.175. The molecule has 0 aliphatic rings. The van der Waals surface area contributed by atoms with E-state index in [1.165, 1.54) is 5.56 Å². The van der Waals surface area contributed by atoms with E-state index in [0.717, 1.165) is 11.3 Å². The Bertz CT molecular complexity index is 540. The number of carbonyl (C=O) groups excluding carboxylic acids is 1. The van der Waals surface area contributed by atoms with Gasteiger partial charge in [-0.3, -0.25) is 4.79 Å². The van der Waals surface area contributed by atoms with Crippen molar-refractivity contribution in [2.24, 2.45) is 7.05 Å². The maximum absolute atomic E-state index is 11.5. The van der Waals surface area contributed by atoms with Gasteiger partial charge in [-0.05, 0) is 6.92 Å². The van der Waals surface area contributed by atoms with E-state index < -0.39 is 0 Å². The molecule has 1 amide bonds. The Kier molecular flexibility index (Phi) is 2.95. The Hall–Kier alpha value is -2.10. The van der Waals surface area contributed by atoms with Crippen molar-refractivity contribution in [3.05, 3.63) is 41.9 Å². The number of benzene rings is 1. The van der Waals surface area contributed by atoms with Crippen LogP contribution in [0.25, 0.3) is 11.3 Å². The highest BCUT2D eigenvalue weighted by Crippen LogP contribution is 2.18. The Labute approximate surface area is 100 Å². The number of nitrogens with zero attached hydrogens (tertiary/aromatic N) is 2. The SMILES string of the molecule is CNC(=O)c1nc(-c2ccc(C)cc2)cn1C. The van der Waals surface area contributed by atoms with Crippen molar-refractivity contribution < 1.29 is 4.79 Å². The molecule has 1 aromatic carbocycles. The number of nitrogens with one attached hydrogen (secondary N) is 1. The zero-order valence-electron chi connectivity index (χ0n) is 10.2. The van der Waals surface area contributed by atoms with Crippen LogP contribution in [-0.2, 0) is 7.05 Å². The smallest absolute Gasteiger partial charge is 0.287 e.